The third-order valence-electron chi connectivity index (χ3n) is 3.11. The van der Waals surface area contributed by atoms with E-state index in [0.717, 1.165) is 19.0 Å². The van der Waals surface area contributed by atoms with E-state index in [1.165, 1.54) is 25.9 Å². The molecule has 1 rings (SSSR count). The Morgan fingerprint density at radius 2 is 2.07 bits per heavy atom. The van der Waals surface area contributed by atoms with Crippen molar-refractivity contribution < 1.29 is 4.74 Å². The molecule has 1 atom stereocenters. The zero-order chi connectivity index (χ0) is 10.4. The molecule has 0 aliphatic carbocycles. The highest BCUT2D eigenvalue weighted by Crippen LogP contribution is 2.14. The van der Waals surface area contributed by atoms with Gasteiger partial charge in [-0.2, -0.15) is 0 Å². The molecule has 0 radical (unpaired) electrons. The van der Waals surface area contributed by atoms with Crippen LogP contribution in [0.3, 0.4) is 0 Å². The van der Waals surface area contributed by atoms with Gasteiger partial charge in [0.15, 0.2) is 0 Å². The van der Waals surface area contributed by atoms with E-state index in [2.05, 4.69) is 24.2 Å². The van der Waals surface area contributed by atoms with E-state index < -0.39 is 0 Å². The fraction of sp³-hybridized carbons (Fsp3) is 1.00. The molecule has 0 saturated carbocycles. The summed E-state index contributed by atoms with van der Waals surface area (Å²) in [6.45, 7) is 6.74. The number of hydrogen-bond acceptors (Lipinski definition) is 3. The monoisotopic (exact) mass is 200 g/mol. The summed E-state index contributed by atoms with van der Waals surface area (Å²) < 4.78 is 5.19. The largest absolute Gasteiger partial charge is 0.380 e. The molecule has 0 bridgehead atoms. The Morgan fingerprint density at radius 3 is 2.64 bits per heavy atom. The Labute approximate surface area is 87.8 Å². The molecule has 3 heteroatoms. The first-order chi connectivity index (χ1) is 6.72. The molecule has 1 heterocycles. The van der Waals surface area contributed by atoms with Crippen LogP contribution in [0, 0.1) is 5.92 Å². The number of nitrogens with one attached hydrogen (secondary N) is 1. The van der Waals surface area contributed by atoms with E-state index in [9.17, 15) is 0 Å². The van der Waals surface area contributed by atoms with Crippen LogP contribution in [-0.2, 0) is 4.74 Å². The zero-order valence-electron chi connectivity index (χ0n) is 9.75. The van der Waals surface area contributed by atoms with Crippen molar-refractivity contribution in [2.24, 2.45) is 5.92 Å². The normalized spacial score (nSPS) is 22.5. The molecular weight excluding hydrogens is 176 g/mol. The topological polar surface area (TPSA) is 24.5 Å². The number of hydrogen-bond donors (Lipinski definition) is 1. The van der Waals surface area contributed by atoms with Crippen molar-refractivity contribution in [1.82, 2.24) is 10.2 Å². The average Bonchev–Trinajstić information content (AvgIpc) is 2.21. The Hall–Kier alpha value is -0.120. The first-order valence-corrected chi connectivity index (χ1v) is 5.64. The SMILES string of the molecule is COC(C)CNCC1CCN(C)CC1. The van der Waals surface area contributed by atoms with Crippen LogP contribution < -0.4 is 5.32 Å². The van der Waals surface area contributed by atoms with Crippen molar-refractivity contribution in [2.75, 3.05) is 40.3 Å². The highest BCUT2D eigenvalue weighted by Gasteiger charge is 2.15. The van der Waals surface area contributed by atoms with Crippen molar-refractivity contribution in [1.29, 1.82) is 0 Å². The number of piperidine rings is 1. The van der Waals surface area contributed by atoms with Crippen LogP contribution >= 0.6 is 0 Å². The van der Waals surface area contributed by atoms with Gasteiger partial charge in [-0.3, -0.25) is 0 Å². The predicted molar refractivity (Wildman–Crippen MR) is 59.6 cm³/mol. The maximum absolute atomic E-state index is 5.19. The Balaban J connectivity index is 2.02. The van der Waals surface area contributed by atoms with Gasteiger partial charge in [0.05, 0.1) is 6.10 Å². The van der Waals surface area contributed by atoms with E-state index in [1.807, 2.05) is 0 Å². The molecule has 84 valence electrons. The highest BCUT2D eigenvalue weighted by atomic mass is 16.5. The van der Waals surface area contributed by atoms with Crippen molar-refractivity contribution in [3.05, 3.63) is 0 Å². The maximum Gasteiger partial charge on any atom is 0.0667 e. The number of rotatable bonds is 5. The van der Waals surface area contributed by atoms with Crippen LogP contribution in [0.25, 0.3) is 0 Å². The van der Waals surface area contributed by atoms with Crippen molar-refractivity contribution in [3.8, 4) is 0 Å². The molecule has 1 fully saturated rings. The van der Waals surface area contributed by atoms with Gasteiger partial charge in [0, 0.05) is 13.7 Å². The zero-order valence-corrected chi connectivity index (χ0v) is 9.75. The molecule has 1 N–H and O–H groups in total. The number of nitrogens with zero attached hydrogens (tertiary/aromatic N) is 1. The summed E-state index contributed by atoms with van der Waals surface area (Å²) in [6, 6.07) is 0. The second-order valence-corrected chi connectivity index (χ2v) is 4.45. The van der Waals surface area contributed by atoms with Crippen molar-refractivity contribution in [2.45, 2.75) is 25.9 Å². The second-order valence-electron chi connectivity index (χ2n) is 4.45. The van der Waals surface area contributed by atoms with Gasteiger partial charge < -0.3 is 15.0 Å². The average molecular weight is 200 g/mol. The van der Waals surface area contributed by atoms with Gasteiger partial charge in [0.1, 0.15) is 0 Å². The Morgan fingerprint density at radius 1 is 1.43 bits per heavy atom. The summed E-state index contributed by atoms with van der Waals surface area (Å²) in [5.41, 5.74) is 0. The Kier molecular flexibility index (Phi) is 5.45. The van der Waals surface area contributed by atoms with E-state index in [0.29, 0.717) is 6.10 Å². The lowest BCUT2D eigenvalue weighted by Crippen LogP contribution is -2.37. The number of likely N-dealkylation sites (tertiary alicyclic amines) is 1. The maximum atomic E-state index is 5.19. The molecular formula is C11H24N2O. The molecule has 0 amide bonds. The van der Waals surface area contributed by atoms with Gasteiger partial charge >= 0.3 is 0 Å². The fourth-order valence-electron chi connectivity index (χ4n) is 1.84. The lowest BCUT2D eigenvalue weighted by atomic mass is 9.97. The van der Waals surface area contributed by atoms with Crippen molar-refractivity contribution >= 4 is 0 Å². The number of methoxy groups -OCH3 is 1. The molecule has 3 nitrogen and oxygen atoms in total. The smallest absolute Gasteiger partial charge is 0.0667 e. The van der Waals surface area contributed by atoms with Gasteiger partial charge in [0.2, 0.25) is 0 Å². The van der Waals surface area contributed by atoms with Crippen LogP contribution in [0.15, 0.2) is 0 Å². The first kappa shape index (κ1) is 12.0. The number of ether oxygens (including phenoxy) is 1. The van der Waals surface area contributed by atoms with Crippen molar-refractivity contribution in [3.63, 3.8) is 0 Å². The summed E-state index contributed by atoms with van der Waals surface area (Å²) in [4.78, 5) is 2.41. The summed E-state index contributed by atoms with van der Waals surface area (Å²) in [6.07, 6.45) is 3.01. The molecule has 1 saturated heterocycles. The predicted octanol–water partition coefficient (Wildman–Crippen LogP) is 0.953. The quantitative estimate of drug-likeness (QED) is 0.715. The molecule has 0 aromatic heterocycles. The minimum atomic E-state index is 0.335. The van der Waals surface area contributed by atoms with Gasteiger partial charge in [0.25, 0.3) is 0 Å². The summed E-state index contributed by atoms with van der Waals surface area (Å²) in [5, 5.41) is 3.48. The van der Waals surface area contributed by atoms with Gasteiger partial charge in [-0.25, -0.2) is 0 Å². The van der Waals surface area contributed by atoms with E-state index in [-0.39, 0.29) is 0 Å². The molecule has 1 unspecified atom stereocenters. The van der Waals surface area contributed by atoms with Crippen LogP contribution in [0.1, 0.15) is 19.8 Å². The van der Waals surface area contributed by atoms with E-state index >= 15 is 0 Å². The Bertz CT molecular complexity index is 144. The van der Waals surface area contributed by atoms with Gasteiger partial charge in [-0.15, -0.1) is 0 Å². The summed E-state index contributed by atoms with van der Waals surface area (Å²) in [7, 11) is 3.97. The third-order valence-corrected chi connectivity index (χ3v) is 3.11. The fourth-order valence-corrected chi connectivity index (χ4v) is 1.84. The summed E-state index contributed by atoms with van der Waals surface area (Å²) in [5.74, 6) is 0.871. The van der Waals surface area contributed by atoms with Crippen LogP contribution in [0.5, 0.6) is 0 Å². The molecule has 1 aliphatic heterocycles. The van der Waals surface area contributed by atoms with E-state index in [1.54, 1.807) is 7.11 Å². The lowest BCUT2D eigenvalue weighted by Gasteiger charge is -2.29. The molecule has 0 aromatic rings. The first-order valence-electron chi connectivity index (χ1n) is 5.64. The van der Waals surface area contributed by atoms with E-state index in [4.69, 9.17) is 4.74 Å². The molecule has 1 aliphatic rings. The summed E-state index contributed by atoms with van der Waals surface area (Å²) >= 11 is 0. The lowest BCUT2D eigenvalue weighted by molar-refractivity contribution is 0.114. The molecule has 14 heavy (non-hydrogen) atoms. The minimum absolute atomic E-state index is 0.335. The van der Waals surface area contributed by atoms with Crippen LogP contribution in [-0.4, -0.2) is 51.3 Å². The minimum Gasteiger partial charge on any atom is -0.380 e. The van der Waals surface area contributed by atoms with Crippen LogP contribution in [0.4, 0.5) is 0 Å². The molecule has 0 aromatic carbocycles. The second kappa shape index (κ2) is 6.38. The van der Waals surface area contributed by atoms with Gasteiger partial charge in [-0.05, 0) is 52.4 Å². The standard InChI is InChI=1S/C11H24N2O/c1-10(14-3)8-12-9-11-4-6-13(2)7-5-11/h10-12H,4-9H2,1-3H3. The highest BCUT2D eigenvalue weighted by molar-refractivity contribution is 4.72. The molecule has 0 spiro atoms. The van der Waals surface area contributed by atoms with Crippen LogP contribution in [0.2, 0.25) is 0 Å². The van der Waals surface area contributed by atoms with Gasteiger partial charge in [-0.1, -0.05) is 0 Å². The third kappa shape index (κ3) is 4.40.